The summed E-state index contributed by atoms with van der Waals surface area (Å²) in [5.41, 5.74) is -0.431. The normalized spacial score (nSPS) is 7.73. The maximum atomic E-state index is 9.61. The number of aliphatic carboxylic acids is 1. The summed E-state index contributed by atoms with van der Waals surface area (Å²) in [4.78, 5) is 9.61. The predicted octanol–water partition coefficient (Wildman–Crippen LogP) is 1.73. The van der Waals surface area contributed by atoms with E-state index in [2.05, 4.69) is 6.58 Å². The topological polar surface area (TPSA) is 61.1 Å². The Bertz CT molecular complexity index is 195. The van der Waals surface area contributed by atoms with E-state index in [0.29, 0.717) is 0 Å². The average molecular weight is 153 g/mol. The summed E-state index contributed by atoms with van der Waals surface area (Å²) < 4.78 is 0. The summed E-state index contributed by atoms with van der Waals surface area (Å²) in [6, 6.07) is 1.37. The molecule has 3 heteroatoms. The summed E-state index contributed by atoms with van der Waals surface area (Å²) in [5.74, 6) is -1.26. The van der Waals surface area contributed by atoms with E-state index in [4.69, 9.17) is 10.4 Å². The van der Waals surface area contributed by atoms with Crippen molar-refractivity contribution in [2.24, 2.45) is 0 Å². The van der Waals surface area contributed by atoms with Crippen molar-refractivity contribution < 1.29 is 9.90 Å². The van der Waals surface area contributed by atoms with Crippen molar-refractivity contribution in [3.8, 4) is 6.07 Å². The van der Waals surface area contributed by atoms with Crippen LogP contribution in [0.1, 0.15) is 13.8 Å². The third-order valence-corrected chi connectivity index (χ3v) is 0.726. The molecule has 0 aromatic heterocycles. The van der Waals surface area contributed by atoms with Gasteiger partial charge in [0, 0.05) is 0 Å². The van der Waals surface area contributed by atoms with Crippen molar-refractivity contribution in [3.63, 3.8) is 0 Å². The van der Waals surface area contributed by atoms with Gasteiger partial charge in [0.25, 0.3) is 0 Å². The number of carboxylic acid groups (broad SMARTS) is 1. The summed E-state index contributed by atoms with van der Waals surface area (Å²) in [7, 11) is 0. The fourth-order valence-electron chi connectivity index (χ4n) is 0.0478. The van der Waals surface area contributed by atoms with Gasteiger partial charge in [-0.25, -0.2) is 4.79 Å². The fraction of sp³-hybridized carbons (Fsp3) is 0.250. The SMILES string of the molecule is C=C(C#N)C(=O)O.CC=CC. The number of rotatable bonds is 1. The van der Waals surface area contributed by atoms with Gasteiger partial charge in [0.05, 0.1) is 0 Å². The Balaban J connectivity index is 0. The van der Waals surface area contributed by atoms with Crippen molar-refractivity contribution >= 4 is 5.97 Å². The van der Waals surface area contributed by atoms with E-state index < -0.39 is 11.5 Å². The molecule has 60 valence electrons. The minimum atomic E-state index is -1.26. The first-order chi connectivity index (χ1) is 5.09. The van der Waals surface area contributed by atoms with Gasteiger partial charge in [0.2, 0.25) is 0 Å². The number of hydrogen-bond donors (Lipinski definition) is 1. The van der Waals surface area contributed by atoms with Crippen LogP contribution >= 0.6 is 0 Å². The highest BCUT2D eigenvalue weighted by molar-refractivity contribution is 5.90. The van der Waals surface area contributed by atoms with E-state index in [1.54, 1.807) is 0 Å². The highest BCUT2D eigenvalue weighted by atomic mass is 16.4. The summed E-state index contributed by atoms with van der Waals surface area (Å²) in [5, 5.41) is 15.6. The Morgan fingerprint density at radius 2 is 1.91 bits per heavy atom. The Labute approximate surface area is 66.3 Å². The molecule has 1 N–H and O–H groups in total. The standard InChI is InChI=1S/C4H3NO2.C4H8/c1-3(2-5)4(6)7;1-3-4-2/h1H2,(H,6,7);3-4H,1-2H3. The molecule has 0 fully saturated rings. The second-order valence-corrected chi connectivity index (χ2v) is 1.56. The second kappa shape index (κ2) is 8.44. The summed E-state index contributed by atoms with van der Waals surface area (Å²) >= 11 is 0. The molecular weight excluding hydrogens is 142 g/mol. The van der Waals surface area contributed by atoms with Crippen molar-refractivity contribution in [1.29, 1.82) is 5.26 Å². The van der Waals surface area contributed by atoms with E-state index in [9.17, 15) is 4.79 Å². The van der Waals surface area contributed by atoms with Gasteiger partial charge >= 0.3 is 5.97 Å². The van der Waals surface area contributed by atoms with Crippen molar-refractivity contribution in [1.82, 2.24) is 0 Å². The Morgan fingerprint density at radius 3 is 1.91 bits per heavy atom. The molecule has 0 radical (unpaired) electrons. The second-order valence-electron chi connectivity index (χ2n) is 1.56. The fourth-order valence-corrected chi connectivity index (χ4v) is 0.0478. The molecule has 0 heterocycles. The molecule has 0 spiro atoms. The van der Waals surface area contributed by atoms with Crippen LogP contribution in [0, 0.1) is 11.3 Å². The number of nitrogens with zero attached hydrogens (tertiary/aromatic N) is 1. The Morgan fingerprint density at radius 1 is 1.55 bits per heavy atom. The van der Waals surface area contributed by atoms with Gasteiger partial charge in [-0.1, -0.05) is 18.7 Å². The Kier molecular flexibility index (Phi) is 9.32. The van der Waals surface area contributed by atoms with Crippen LogP contribution in [0.3, 0.4) is 0 Å². The minimum Gasteiger partial charge on any atom is -0.477 e. The van der Waals surface area contributed by atoms with E-state index in [1.807, 2.05) is 26.0 Å². The van der Waals surface area contributed by atoms with Crippen LogP contribution in [0.15, 0.2) is 24.3 Å². The quantitative estimate of drug-likeness (QED) is 0.354. The van der Waals surface area contributed by atoms with Crippen LogP contribution < -0.4 is 0 Å². The molecule has 0 atom stereocenters. The molecular formula is C8H11NO2. The smallest absolute Gasteiger partial charge is 0.345 e. The van der Waals surface area contributed by atoms with E-state index >= 15 is 0 Å². The maximum Gasteiger partial charge on any atom is 0.345 e. The molecule has 11 heavy (non-hydrogen) atoms. The molecule has 0 aromatic carbocycles. The molecule has 0 aromatic rings. The first kappa shape index (κ1) is 12.1. The molecule has 0 aliphatic carbocycles. The molecule has 0 amide bonds. The summed E-state index contributed by atoms with van der Waals surface area (Å²) in [6.45, 7) is 6.91. The molecule has 0 aliphatic heterocycles. The lowest BCUT2D eigenvalue weighted by atomic mass is 10.4. The lowest BCUT2D eigenvalue weighted by Crippen LogP contribution is -1.94. The van der Waals surface area contributed by atoms with Crippen LogP contribution in [0.5, 0.6) is 0 Å². The van der Waals surface area contributed by atoms with E-state index in [1.165, 1.54) is 6.07 Å². The molecule has 0 saturated heterocycles. The van der Waals surface area contributed by atoms with Gasteiger partial charge in [0.1, 0.15) is 11.6 Å². The monoisotopic (exact) mass is 153 g/mol. The predicted molar refractivity (Wildman–Crippen MR) is 42.9 cm³/mol. The number of nitriles is 1. The zero-order valence-electron chi connectivity index (χ0n) is 6.66. The number of carbonyl (C=O) groups is 1. The van der Waals surface area contributed by atoms with Crippen LogP contribution in [-0.4, -0.2) is 11.1 Å². The highest BCUT2D eigenvalue weighted by Crippen LogP contribution is 1.81. The Hall–Kier alpha value is -1.56. The van der Waals surface area contributed by atoms with Crippen LogP contribution in [0.4, 0.5) is 0 Å². The van der Waals surface area contributed by atoms with Crippen molar-refractivity contribution in [2.75, 3.05) is 0 Å². The van der Waals surface area contributed by atoms with Gasteiger partial charge < -0.3 is 5.11 Å². The molecule has 0 rings (SSSR count). The summed E-state index contributed by atoms with van der Waals surface area (Å²) in [6.07, 6.45) is 4.00. The lowest BCUT2D eigenvalue weighted by Gasteiger charge is -1.76. The highest BCUT2D eigenvalue weighted by Gasteiger charge is 1.97. The van der Waals surface area contributed by atoms with Crippen LogP contribution in [0.2, 0.25) is 0 Å². The van der Waals surface area contributed by atoms with Crippen molar-refractivity contribution in [3.05, 3.63) is 24.3 Å². The largest absolute Gasteiger partial charge is 0.477 e. The number of hydrogen-bond acceptors (Lipinski definition) is 2. The average Bonchev–Trinajstić information content (AvgIpc) is 2.03. The zero-order chi connectivity index (χ0) is 9.28. The first-order valence-electron chi connectivity index (χ1n) is 2.99. The van der Waals surface area contributed by atoms with Crippen molar-refractivity contribution in [2.45, 2.75) is 13.8 Å². The molecule has 0 saturated carbocycles. The molecule has 0 aliphatic rings. The molecule has 0 unspecified atom stereocenters. The third-order valence-electron chi connectivity index (χ3n) is 0.726. The first-order valence-corrected chi connectivity index (χ1v) is 2.99. The van der Waals surface area contributed by atoms with Gasteiger partial charge in [0.15, 0.2) is 0 Å². The molecule has 0 bridgehead atoms. The minimum absolute atomic E-state index is 0.431. The molecule has 3 nitrogen and oxygen atoms in total. The lowest BCUT2D eigenvalue weighted by molar-refractivity contribution is -0.132. The van der Waals surface area contributed by atoms with Gasteiger partial charge in [-0.3, -0.25) is 0 Å². The van der Waals surface area contributed by atoms with E-state index in [0.717, 1.165) is 0 Å². The van der Waals surface area contributed by atoms with Gasteiger partial charge in [-0.15, -0.1) is 0 Å². The van der Waals surface area contributed by atoms with E-state index in [-0.39, 0.29) is 0 Å². The van der Waals surface area contributed by atoms with Crippen LogP contribution in [-0.2, 0) is 4.79 Å². The number of allylic oxidation sites excluding steroid dienone is 2. The zero-order valence-corrected chi connectivity index (χ0v) is 6.66. The van der Waals surface area contributed by atoms with Crippen LogP contribution in [0.25, 0.3) is 0 Å². The maximum absolute atomic E-state index is 9.61. The van der Waals surface area contributed by atoms with Gasteiger partial charge in [-0.2, -0.15) is 5.26 Å². The number of carboxylic acids is 1. The van der Waals surface area contributed by atoms with Gasteiger partial charge in [-0.05, 0) is 13.8 Å². The third kappa shape index (κ3) is 11.8.